The van der Waals surface area contributed by atoms with Gasteiger partial charge in [0.1, 0.15) is 0 Å². The van der Waals surface area contributed by atoms with Crippen molar-refractivity contribution in [3.63, 3.8) is 0 Å². The van der Waals surface area contributed by atoms with Crippen molar-refractivity contribution in [1.29, 1.82) is 0 Å². The number of benzene rings is 1. The second kappa shape index (κ2) is 4.90. The van der Waals surface area contributed by atoms with Crippen molar-refractivity contribution in [2.75, 3.05) is 13.6 Å². The molecule has 1 aliphatic heterocycles. The number of nitrogens with zero attached hydrogens (tertiary/aromatic N) is 2. The van der Waals surface area contributed by atoms with E-state index < -0.39 is 0 Å². The first kappa shape index (κ1) is 13.7. The van der Waals surface area contributed by atoms with Gasteiger partial charge in [0.05, 0.1) is 0 Å². The smallest absolute Gasteiger partial charge is 0.0486 e. The summed E-state index contributed by atoms with van der Waals surface area (Å²) >= 11 is 0. The van der Waals surface area contributed by atoms with Gasteiger partial charge in [0.2, 0.25) is 0 Å². The topological polar surface area (TPSA) is 34.2 Å². The van der Waals surface area contributed by atoms with Crippen LogP contribution < -0.4 is 5.73 Å². The number of aryl methyl sites for hydroxylation is 1. The maximum atomic E-state index is 5.82. The molecule has 0 saturated heterocycles. The van der Waals surface area contributed by atoms with Gasteiger partial charge in [-0.15, -0.1) is 0 Å². The maximum Gasteiger partial charge on any atom is 0.0486 e. The fourth-order valence-corrected chi connectivity index (χ4v) is 3.39. The second-order valence-corrected chi connectivity index (χ2v) is 6.48. The van der Waals surface area contributed by atoms with Crippen molar-refractivity contribution in [3.8, 4) is 0 Å². The lowest BCUT2D eigenvalue weighted by Crippen LogP contribution is -2.13. The van der Waals surface area contributed by atoms with Crippen molar-refractivity contribution in [3.05, 3.63) is 34.5 Å². The Morgan fingerprint density at radius 1 is 1.20 bits per heavy atom. The van der Waals surface area contributed by atoms with Crippen molar-refractivity contribution in [2.24, 2.45) is 18.7 Å². The minimum atomic E-state index is 0.537. The Balaban J connectivity index is 2.15. The van der Waals surface area contributed by atoms with Crippen molar-refractivity contribution in [2.45, 2.75) is 33.4 Å². The Kier molecular flexibility index (Phi) is 3.35. The first-order chi connectivity index (χ1) is 9.51. The van der Waals surface area contributed by atoms with Gasteiger partial charge in [-0.1, -0.05) is 6.92 Å². The Morgan fingerprint density at radius 2 is 1.85 bits per heavy atom. The highest BCUT2D eigenvalue weighted by Gasteiger charge is 2.20. The highest BCUT2D eigenvalue weighted by Crippen LogP contribution is 2.32. The van der Waals surface area contributed by atoms with Crippen LogP contribution in [0.2, 0.25) is 0 Å². The molecule has 108 valence electrons. The summed E-state index contributed by atoms with van der Waals surface area (Å²) in [6.07, 6.45) is 1.08. The number of hydrogen-bond acceptors (Lipinski definition) is 2. The normalized spacial score (nSPS) is 16.9. The molecule has 1 atom stereocenters. The van der Waals surface area contributed by atoms with Gasteiger partial charge in [-0.05, 0) is 61.7 Å². The zero-order valence-electron chi connectivity index (χ0n) is 13.0. The van der Waals surface area contributed by atoms with Crippen molar-refractivity contribution >= 4 is 10.9 Å². The monoisotopic (exact) mass is 271 g/mol. The molecule has 2 heterocycles. The molecule has 0 spiro atoms. The molecule has 3 heteroatoms. The van der Waals surface area contributed by atoms with E-state index in [1.54, 1.807) is 0 Å². The van der Waals surface area contributed by atoms with Crippen LogP contribution >= 0.6 is 0 Å². The molecule has 2 N–H and O–H groups in total. The van der Waals surface area contributed by atoms with Gasteiger partial charge < -0.3 is 10.3 Å². The molecular formula is C17H25N3. The zero-order valence-corrected chi connectivity index (χ0v) is 13.0. The average Bonchev–Trinajstić information content (AvgIpc) is 2.89. The van der Waals surface area contributed by atoms with Crippen LogP contribution in [0.4, 0.5) is 0 Å². The summed E-state index contributed by atoms with van der Waals surface area (Å²) in [5, 5.41) is 1.43. The first-order valence-electron chi connectivity index (χ1n) is 7.49. The van der Waals surface area contributed by atoms with Gasteiger partial charge in [0, 0.05) is 36.7 Å². The van der Waals surface area contributed by atoms with E-state index in [1.165, 1.54) is 33.3 Å². The molecule has 3 nitrogen and oxygen atoms in total. The molecule has 2 aromatic rings. The van der Waals surface area contributed by atoms with Crippen LogP contribution in [0.1, 0.15) is 29.3 Å². The summed E-state index contributed by atoms with van der Waals surface area (Å²) in [6.45, 7) is 7.37. The average molecular weight is 271 g/mol. The number of hydrogen-bond donors (Lipinski definition) is 1. The van der Waals surface area contributed by atoms with Gasteiger partial charge in [0.25, 0.3) is 0 Å². The summed E-state index contributed by atoms with van der Waals surface area (Å²) in [7, 11) is 4.37. The molecule has 1 unspecified atom stereocenters. The van der Waals surface area contributed by atoms with Crippen LogP contribution in [0, 0.1) is 12.8 Å². The lowest BCUT2D eigenvalue weighted by molar-refractivity contribution is 0.353. The molecule has 0 radical (unpaired) electrons. The van der Waals surface area contributed by atoms with E-state index in [0.717, 1.165) is 26.1 Å². The van der Waals surface area contributed by atoms with E-state index in [1.807, 2.05) is 0 Å². The summed E-state index contributed by atoms with van der Waals surface area (Å²) in [5.41, 5.74) is 13.0. The van der Waals surface area contributed by atoms with Gasteiger partial charge in [-0.3, -0.25) is 4.90 Å². The molecule has 0 saturated carbocycles. The maximum absolute atomic E-state index is 5.82. The molecule has 1 aliphatic rings. The second-order valence-electron chi connectivity index (χ2n) is 6.48. The number of nitrogens with two attached hydrogens (primary N) is 1. The highest BCUT2D eigenvalue weighted by atomic mass is 15.1. The number of rotatable bonds is 3. The quantitative estimate of drug-likeness (QED) is 0.931. The summed E-state index contributed by atoms with van der Waals surface area (Å²) in [5.74, 6) is 0.537. The van der Waals surface area contributed by atoms with E-state index in [9.17, 15) is 0 Å². The Bertz CT molecular complexity index is 654. The van der Waals surface area contributed by atoms with Gasteiger partial charge in [0.15, 0.2) is 0 Å². The van der Waals surface area contributed by atoms with Gasteiger partial charge in [-0.2, -0.15) is 0 Å². The van der Waals surface area contributed by atoms with Crippen LogP contribution in [-0.2, 0) is 26.6 Å². The zero-order chi connectivity index (χ0) is 14.4. The Labute approximate surface area is 121 Å². The van der Waals surface area contributed by atoms with E-state index in [-0.39, 0.29) is 0 Å². The Hall–Kier alpha value is -1.32. The first-order valence-corrected chi connectivity index (χ1v) is 7.49. The molecule has 0 amide bonds. The molecule has 0 fully saturated rings. The van der Waals surface area contributed by atoms with Crippen LogP contribution in [0.5, 0.6) is 0 Å². The van der Waals surface area contributed by atoms with Crippen LogP contribution in [0.25, 0.3) is 10.9 Å². The summed E-state index contributed by atoms with van der Waals surface area (Å²) in [4.78, 5) is 2.37. The molecule has 1 aromatic heterocycles. The van der Waals surface area contributed by atoms with E-state index in [0.29, 0.717) is 5.92 Å². The third-order valence-corrected chi connectivity index (χ3v) is 4.78. The number of fused-ring (bicyclic) bond motifs is 2. The lowest BCUT2D eigenvalue weighted by Gasteiger charge is -2.09. The minimum Gasteiger partial charge on any atom is -0.348 e. The molecule has 1 aromatic carbocycles. The summed E-state index contributed by atoms with van der Waals surface area (Å²) < 4.78 is 2.34. The van der Waals surface area contributed by atoms with Gasteiger partial charge >= 0.3 is 0 Å². The van der Waals surface area contributed by atoms with Gasteiger partial charge in [-0.25, -0.2) is 0 Å². The fraction of sp³-hybridized carbons (Fsp3) is 0.529. The van der Waals surface area contributed by atoms with Crippen molar-refractivity contribution < 1.29 is 0 Å². The molecule has 0 bridgehead atoms. The minimum absolute atomic E-state index is 0.537. The molecular weight excluding hydrogens is 246 g/mol. The van der Waals surface area contributed by atoms with E-state index in [4.69, 9.17) is 5.73 Å². The SMILES string of the molecule is Cc1c(CC(C)CN)c2cc3c(cc2n1C)CN(C)C3. The van der Waals surface area contributed by atoms with Crippen molar-refractivity contribution in [1.82, 2.24) is 9.47 Å². The summed E-state index contributed by atoms with van der Waals surface area (Å²) in [6, 6.07) is 4.80. The Morgan fingerprint density at radius 3 is 2.50 bits per heavy atom. The standard InChI is InChI=1S/C17H25N3/c1-11(8-18)5-15-12(2)20(4)17-7-14-10-19(3)9-13(14)6-16(15)17/h6-7,11H,5,8-10,18H2,1-4H3. The highest BCUT2D eigenvalue weighted by molar-refractivity contribution is 5.87. The van der Waals surface area contributed by atoms with Crippen LogP contribution in [-0.4, -0.2) is 23.1 Å². The molecule has 3 rings (SSSR count). The lowest BCUT2D eigenvalue weighted by atomic mass is 9.97. The third kappa shape index (κ3) is 2.05. The third-order valence-electron chi connectivity index (χ3n) is 4.78. The van der Waals surface area contributed by atoms with E-state index >= 15 is 0 Å². The molecule has 0 aliphatic carbocycles. The fourth-order valence-electron chi connectivity index (χ4n) is 3.39. The van der Waals surface area contributed by atoms with E-state index in [2.05, 4.69) is 49.5 Å². The largest absolute Gasteiger partial charge is 0.348 e. The van der Waals surface area contributed by atoms with Crippen LogP contribution in [0.3, 0.4) is 0 Å². The molecule has 20 heavy (non-hydrogen) atoms. The number of aromatic nitrogens is 1. The van der Waals surface area contributed by atoms with Crippen LogP contribution in [0.15, 0.2) is 12.1 Å². The predicted molar refractivity (Wildman–Crippen MR) is 84.7 cm³/mol. The predicted octanol–water partition coefficient (Wildman–Crippen LogP) is 2.57.